The molecule has 0 spiro atoms. The van der Waals surface area contributed by atoms with Crippen LogP contribution in [0.15, 0.2) is 23.0 Å². The van der Waals surface area contributed by atoms with Crippen molar-refractivity contribution in [3.05, 3.63) is 23.0 Å². The van der Waals surface area contributed by atoms with Crippen molar-refractivity contribution in [3.8, 4) is 0 Å². The van der Waals surface area contributed by atoms with Gasteiger partial charge in [-0.2, -0.15) is 0 Å². The van der Waals surface area contributed by atoms with Crippen molar-refractivity contribution in [2.75, 3.05) is 6.61 Å². The van der Waals surface area contributed by atoms with Crippen molar-refractivity contribution >= 4 is 0 Å². The van der Waals surface area contributed by atoms with Gasteiger partial charge in [-0.1, -0.05) is 60.0 Å². The van der Waals surface area contributed by atoms with E-state index in [0.29, 0.717) is 10.8 Å². The fourth-order valence-corrected chi connectivity index (χ4v) is 9.46. The van der Waals surface area contributed by atoms with Crippen LogP contribution in [0.1, 0.15) is 112 Å². The molecule has 0 radical (unpaired) electrons. The third-order valence-corrected chi connectivity index (χ3v) is 11.0. The highest BCUT2D eigenvalue weighted by Crippen LogP contribution is 2.68. The summed E-state index contributed by atoms with van der Waals surface area (Å²) >= 11 is 0. The van der Waals surface area contributed by atoms with Gasteiger partial charge in [0.2, 0.25) is 0 Å². The van der Waals surface area contributed by atoms with E-state index in [1.165, 1.54) is 82.8 Å². The summed E-state index contributed by atoms with van der Waals surface area (Å²) in [6.45, 7) is 13.7. The molecule has 7 atom stereocenters. The summed E-state index contributed by atoms with van der Waals surface area (Å²) in [5, 5.41) is 0. The minimum absolute atomic E-state index is 0.421. The first-order valence-corrected chi connectivity index (χ1v) is 13.9. The minimum Gasteiger partial charge on any atom is -0.498 e. The molecule has 1 heterocycles. The van der Waals surface area contributed by atoms with E-state index in [-0.39, 0.29) is 0 Å². The van der Waals surface area contributed by atoms with E-state index in [1.54, 1.807) is 11.1 Å². The van der Waals surface area contributed by atoms with E-state index in [9.17, 15) is 0 Å². The molecule has 1 nitrogen and oxygen atoms in total. The highest BCUT2D eigenvalue weighted by atomic mass is 16.5. The van der Waals surface area contributed by atoms with Gasteiger partial charge in [0, 0.05) is 6.42 Å². The number of rotatable bonds is 5. The van der Waals surface area contributed by atoms with Gasteiger partial charge in [0.15, 0.2) is 0 Å². The summed E-state index contributed by atoms with van der Waals surface area (Å²) in [5.74, 6) is 6.93. The topological polar surface area (TPSA) is 9.23 Å². The van der Waals surface area contributed by atoms with Crippen LogP contribution in [-0.2, 0) is 4.74 Å². The Labute approximate surface area is 192 Å². The van der Waals surface area contributed by atoms with Crippen LogP contribution in [-0.4, -0.2) is 6.61 Å². The Balaban J connectivity index is 1.36. The zero-order chi connectivity index (χ0) is 21.8. The van der Waals surface area contributed by atoms with Crippen LogP contribution in [0, 0.1) is 46.3 Å². The molecule has 174 valence electrons. The smallest absolute Gasteiger partial charge is 0.0994 e. The van der Waals surface area contributed by atoms with Crippen molar-refractivity contribution in [1.82, 2.24) is 0 Å². The highest BCUT2D eigenvalue weighted by molar-refractivity contribution is 5.44. The van der Waals surface area contributed by atoms with Gasteiger partial charge in [0.1, 0.15) is 0 Å². The molecule has 0 saturated heterocycles. The van der Waals surface area contributed by atoms with Crippen LogP contribution < -0.4 is 0 Å². The lowest BCUT2D eigenvalue weighted by molar-refractivity contribution is -0.0482. The first-order chi connectivity index (χ1) is 14.8. The second kappa shape index (κ2) is 8.25. The van der Waals surface area contributed by atoms with E-state index in [2.05, 4.69) is 40.7 Å². The van der Waals surface area contributed by atoms with Gasteiger partial charge in [-0.25, -0.2) is 0 Å². The Morgan fingerprint density at radius 2 is 1.84 bits per heavy atom. The van der Waals surface area contributed by atoms with Gasteiger partial charge < -0.3 is 4.74 Å². The van der Waals surface area contributed by atoms with E-state index in [0.717, 1.165) is 42.1 Å². The largest absolute Gasteiger partial charge is 0.498 e. The molecule has 2 saturated carbocycles. The average Bonchev–Trinajstić information content (AvgIpc) is 3.10. The number of fused-ring (bicyclic) bond motifs is 6. The maximum atomic E-state index is 6.12. The average molecular weight is 425 g/mol. The standard InChI is InChI=1S/C30H48O/c1-20(2)8-6-9-21(3)24-13-14-25-22-11-12-26-23-10-7-19-31-28(23)16-18-30(26,5)27(22)15-17-29(24,25)4/h12,20-22,24-25,27H,6-11,13-19H2,1-5H3/t21-,22+,24-,25+,27+,29-,30+/m1/s1. The minimum atomic E-state index is 0.421. The van der Waals surface area contributed by atoms with Crippen molar-refractivity contribution in [2.24, 2.45) is 46.3 Å². The lowest BCUT2D eigenvalue weighted by Gasteiger charge is -2.58. The normalized spacial score (nSPS) is 42.8. The molecule has 0 aromatic rings. The van der Waals surface area contributed by atoms with Crippen LogP contribution in [0.25, 0.3) is 0 Å². The summed E-state index contributed by atoms with van der Waals surface area (Å²) in [6, 6.07) is 0. The summed E-state index contributed by atoms with van der Waals surface area (Å²) in [7, 11) is 0. The third-order valence-electron chi connectivity index (χ3n) is 11.0. The Hall–Kier alpha value is -0.720. The van der Waals surface area contributed by atoms with Crippen molar-refractivity contribution < 1.29 is 4.74 Å². The predicted octanol–water partition coefficient (Wildman–Crippen LogP) is 8.70. The second-order valence-electron chi connectivity index (χ2n) is 13.0. The first kappa shape index (κ1) is 22.1. The Kier molecular flexibility index (Phi) is 5.88. The number of hydrogen-bond acceptors (Lipinski definition) is 1. The summed E-state index contributed by atoms with van der Waals surface area (Å²) in [4.78, 5) is 0. The van der Waals surface area contributed by atoms with E-state index >= 15 is 0 Å². The van der Waals surface area contributed by atoms with Gasteiger partial charge in [-0.15, -0.1) is 0 Å². The van der Waals surface area contributed by atoms with Crippen LogP contribution in [0.3, 0.4) is 0 Å². The number of hydrogen-bond donors (Lipinski definition) is 0. The molecule has 1 heteroatoms. The van der Waals surface area contributed by atoms with Gasteiger partial charge >= 0.3 is 0 Å². The number of ether oxygens (including phenoxy) is 1. The molecule has 4 aliphatic carbocycles. The van der Waals surface area contributed by atoms with Crippen LogP contribution in [0.2, 0.25) is 0 Å². The molecule has 0 aromatic carbocycles. The number of allylic oxidation sites excluding steroid dienone is 4. The quantitative estimate of drug-likeness (QED) is 0.429. The fraction of sp³-hybridized carbons (Fsp3) is 0.867. The Bertz CT molecular complexity index is 744. The molecular formula is C30H48O. The molecule has 0 aromatic heterocycles. The molecule has 5 aliphatic rings. The van der Waals surface area contributed by atoms with Crippen LogP contribution in [0.4, 0.5) is 0 Å². The van der Waals surface area contributed by atoms with Crippen LogP contribution in [0.5, 0.6) is 0 Å². The maximum absolute atomic E-state index is 6.12. The maximum Gasteiger partial charge on any atom is 0.0994 e. The van der Waals surface area contributed by atoms with Crippen molar-refractivity contribution in [1.29, 1.82) is 0 Å². The first-order valence-electron chi connectivity index (χ1n) is 13.9. The van der Waals surface area contributed by atoms with Gasteiger partial charge in [-0.3, -0.25) is 0 Å². The Morgan fingerprint density at radius 1 is 1.00 bits per heavy atom. The van der Waals surface area contributed by atoms with Gasteiger partial charge in [-0.05, 0) is 109 Å². The van der Waals surface area contributed by atoms with Crippen LogP contribution >= 0.6 is 0 Å². The van der Waals surface area contributed by atoms with Crippen molar-refractivity contribution in [2.45, 2.75) is 112 Å². The molecule has 1 aliphatic heterocycles. The predicted molar refractivity (Wildman–Crippen MR) is 131 cm³/mol. The zero-order valence-corrected chi connectivity index (χ0v) is 21.1. The molecule has 0 unspecified atom stereocenters. The molecule has 31 heavy (non-hydrogen) atoms. The molecular weight excluding hydrogens is 376 g/mol. The zero-order valence-electron chi connectivity index (χ0n) is 21.1. The summed E-state index contributed by atoms with van der Waals surface area (Å²) in [6.07, 6.45) is 19.4. The second-order valence-corrected chi connectivity index (χ2v) is 13.0. The van der Waals surface area contributed by atoms with Gasteiger partial charge in [0.25, 0.3) is 0 Å². The monoisotopic (exact) mass is 424 g/mol. The lowest BCUT2D eigenvalue weighted by atomic mass is 9.46. The highest BCUT2D eigenvalue weighted by Gasteiger charge is 2.59. The molecule has 2 fully saturated rings. The molecule has 0 N–H and O–H groups in total. The lowest BCUT2D eigenvalue weighted by Crippen LogP contribution is -2.50. The van der Waals surface area contributed by atoms with Crippen molar-refractivity contribution in [3.63, 3.8) is 0 Å². The van der Waals surface area contributed by atoms with Gasteiger partial charge in [0.05, 0.1) is 12.4 Å². The fourth-order valence-electron chi connectivity index (χ4n) is 9.46. The summed E-state index contributed by atoms with van der Waals surface area (Å²) < 4.78 is 6.12. The SMILES string of the molecule is CC(C)CCC[C@@H](C)[C@H]1CC[C@H]2[C@@H]3CC=C4C5=C(CC[C@]4(C)[C@H]3CC[C@]12C)OCCC5. The molecule has 0 bridgehead atoms. The molecule has 0 amide bonds. The van der Waals surface area contributed by atoms with E-state index in [4.69, 9.17) is 4.74 Å². The Morgan fingerprint density at radius 3 is 2.65 bits per heavy atom. The molecule has 5 rings (SSSR count). The third kappa shape index (κ3) is 3.56. The van der Waals surface area contributed by atoms with E-state index < -0.39 is 0 Å². The van der Waals surface area contributed by atoms with E-state index in [1.807, 2.05) is 0 Å². The summed E-state index contributed by atoms with van der Waals surface area (Å²) in [5.41, 5.74) is 4.39.